The number of rotatable bonds is 3. The molecule has 3 aromatic carbocycles. The molecule has 0 amide bonds. The molecule has 0 radical (unpaired) electrons. The van der Waals surface area contributed by atoms with E-state index in [-0.39, 0.29) is 11.6 Å². The minimum atomic E-state index is -0.183. The van der Waals surface area contributed by atoms with Gasteiger partial charge in [-0.2, -0.15) is 0 Å². The van der Waals surface area contributed by atoms with Crippen molar-refractivity contribution in [1.29, 1.82) is 0 Å². The van der Waals surface area contributed by atoms with Crippen LogP contribution in [0.4, 0.5) is 0 Å². The van der Waals surface area contributed by atoms with Gasteiger partial charge in [0.25, 0.3) is 5.56 Å². The third-order valence-electron chi connectivity index (χ3n) is 6.96. The van der Waals surface area contributed by atoms with Crippen molar-refractivity contribution in [2.75, 3.05) is 0 Å². The number of fused-ring (bicyclic) bond motifs is 3. The van der Waals surface area contributed by atoms with Crippen molar-refractivity contribution in [3.63, 3.8) is 0 Å². The number of thiazole rings is 1. The van der Waals surface area contributed by atoms with Crippen LogP contribution >= 0.6 is 22.9 Å². The Morgan fingerprint density at radius 3 is 2.49 bits per heavy atom. The van der Waals surface area contributed by atoms with Crippen LogP contribution in [0.15, 0.2) is 88.2 Å². The number of halogens is 1. The van der Waals surface area contributed by atoms with Crippen molar-refractivity contribution in [1.82, 2.24) is 4.57 Å². The molecule has 1 aliphatic carbocycles. The van der Waals surface area contributed by atoms with Crippen molar-refractivity contribution in [2.24, 2.45) is 4.99 Å². The Morgan fingerprint density at radius 2 is 1.74 bits per heavy atom. The van der Waals surface area contributed by atoms with Crippen LogP contribution in [0.2, 0.25) is 5.02 Å². The van der Waals surface area contributed by atoms with Crippen LogP contribution in [-0.2, 0) is 6.42 Å². The van der Waals surface area contributed by atoms with Gasteiger partial charge in [-0.1, -0.05) is 97.4 Å². The summed E-state index contributed by atoms with van der Waals surface area (Å²) in [4.78, 5) is 19.6. The lowest BCUT2D eigenvalue weighted by molar-refractivity contribution is 0.585. The predicted octanol–water partition coefficient (Wildman–Crippen LogP) is 6.10. The number of aryl methyl sites for hydroxylation is 1. The van der Waals surface area contributed by atoms with Crippen molar-refractivity contribution in [2.45, 2.75) is 38.6 Å². The largest absolute Gasteiger partial charge is 0.272 e. The molecule has 174 valence electrons. The van der Waals surface area contributed by atoms with E-state index in [1.807, 2.05) is 34.9 Å². The molecule has 0 N–H and O–H groups in total. The van der Waals surface area contributed by atoms with E-state index in [1.165, 1.54) is 33.6 Å². The van der Waals surface area contributed by atoms with Crippen molar-refractivity contribution < 1.29 is 0 Å². The second-order valence-corrected chi connectivity index (χ2v) is 10.9. The minimum Gasteiger partial charge on any atom is -0.272 e. The molecule has 2 aliphatic rings. The number of aromatic nitrogens is 1. The Balaban J connectivity index is 1.57. The van der Waals surface area contributed by atoms with E-state index >= 15 is 0 Å². The zero-order chi connectivity index (χ0) is 24.1. The molecular formula is C30H25ClN2OS. The third-order valence-corrected chi connectivity index (χ3v) is 8.19. The average Bonchev–Trinajstić information content (AvgIpc) is 3.18. The summed E-state index contributed by atoms with van der Waals surface area (Å²) in [5.41, 5.74) is 8.09. The molecule has 0 bridgehead atoms. The normalized spacial score (nSPS) is 17.1. The maximum atomic E-state index is 13.8. The van der Waals surface area contributed by atoms with E-state index in [4.69, 9.17) is 16.6 Å². The summed E-state index contributed by atoms with van der Waals surface area (Å²) in [6.45, 7) is 4.37. The second-order valence-electron chi connectivity index (χ2n) is 9.49. The summed E-state index contributed by atoms with van der Waals surface area (Å²) < 4.78 is 2.59. The van der Waals surface area contributed by atoms with Crippen LogP contribution in [0.3, 0.4) is 0 Å². The van der Waals surface area contributed by atoms with E-state index in [0.717, 1.165) is 34.5 Å². The highest BCUT2D eigenvalue weighted by molar-refractivity contribution is 7.07. The fourth-order valence-electron chi connectivity index (χ4n) is 5.10. The zero-order valence-electron chi connectivity index (χ0n) is 19.7. The van der Waals surface area contributed by atoms with Crippen molar-refractivity contribution in [3.8, 4) is 0 Å². The molecule has 6 rings (SSSR count). The minimum absolute atomic E-state index is 0.00652. The summed E-state index contributed by atoms with van der Waals surface area (Å²) >= 11 is 7.68. The highest BCUT2D eigenvalue weighted by atomic mass is 35.5. The molecule has 1 atom stereocenters. The van der Waals surface area contributed by atoms with Crippen molar-refractivity contribution in [3.05, 3.63) is 131 Å². The van der Waals surface area contributed by atoms with Crippen LogP contribution in [0.25, 0.3) is 11.8 Å². The van der Waals surface area contributed by atoms with Gasteiger partial charge in [-0.3, -0.25) is 9.36 Å². The van der Waals surface area contributed by atoms with Crippen LogP contribution in [-0.4, -0.2) is 4.57 Å². The Bertz CT molecular complexity index is 1640. The van der Waals surface area contributed by atoms with E-state index < -0.39 is 0 Å². The lowest BCUT2D eigenvalue weighted by Crippen LogP contribution is -2.38. The van der Waals surface area contributed by atoms with E-state index in [2.05, 4.69) is 62.4 Å². The number of nitrogens with zero attached hydrogens (tertiary/aromatic N) is 2. The van der Waals surface area contributed by atoms with Gasteiger partial charge in [0, 0.05) is 10.6 Å². The molecule has 35 heavy (non-hydrogen) atoms. The maximum absolute atomic E-state index is 13.8. The van der Waals surface area contributed by atoms with Gasteiger partial charge in [0.1, 0.15) is 0 Å². The standard InChI is InChI=1S/C30H25ClN2OS/c1-18(2)20-9-7-19(8-10-20)17-26-29(34)33-28(22-11-14-23(31)15-12-22)25-16-13-21-5-3-4-6-24(21)27(25)32-30(33)35-26/h3-12,14-15,17-18,28H,13,16H2,1-2H3/b26-17+/t28-/m1/s1. The summed E-state index contributed by atoms with van der Waals surface area (Å²) in [7, 11) is 0. The first kappa shape index (κ1) is 22.3. The molecule has 0 fully saturated rings. The van der Waals surface area contributed by atoms with Crippen molar-refractivity contribution >= 4 is 34.7 Å². The summed E-state index contributed by atoms with van der Waals surface area (Å²) in [6.07, 6.45) is 3.81. The zero-order valence-corrected chi connectivity index (χ0v) is 21.2. The van der Waals surface area contributed by atoms with E-state index in [9.17, 15) is 4.79 Å². The first-order valence-corrected chi connectivity index (χ1v) is 13.2. The molecule has 1 aromatic heterocycles. The lowest BCUT2D eigenvalue weighted by Gasteiger charge is -2.30. The molecule has 5 heteroatoms. The smallest absolute Gasteiger partial charge is 0.271 e. The number of benzene rings is 3. The monoisotopic (exact) mass is 496 g/mol. The Morgan fingerprint density at radius 1 is 1.00 bits per heavy atom. The first-order valence-electron chi connectivity index (χ1n) is 12.0. The second kappa shape index (κ2) is 8.78. The van der Waals surface area contributed by atoms with Crippen LogP contribution < -0.4 is 14.9 Å². The Hall–Kier alpha value is -3.21. The van der Waals surface area contributed by atoms with Gasteiger partial charge >= 0.3 is 0 Å². The third kappa shape index (κ3) is 3.91. The molecular weight excluding hydrogens is 472 g/mol. The summed E-state index contributed by atoms with van der Waals surface area (Å²) in [5.74, 6) is 0.475. The molecule has 0 unspecified atom stereocenters. The SMILES string of the molecule is CC(C)c1ccc(/C=c2/sc3n(c2=O)[C@H](c2ccc(Cl)cc2)C2=C(N=3)c3ccccc3CC2)cc1. The Kier molecular flexibility index (Phi) is 5.58. The highest BCUT2D eigenvalue weighted by Gasteiger charge is 2.32. The lowest BCUT2D eigenvalue weighted by atomic mass is 9.83. The molecule has 2 heterocycles. The number of hydrogen-bond donors (Lipinski definition) is 0. The molecule has 1 aliphatic heterocycles. The van der Waals surface area contributed by atoms with Gasteiger partial charge in [0.15, 0.2) is 4.80 Å². The molecule has 4 aromatic rings. The summed E-state index contributed by atoms with van der Waals surface area (Å²) in [6, 6.07) is 24.6. The van der Waals surface area contributed by atoms with Gasteiger partial charge in [0.05, 0.1) is 16.3 Å². The average molecular weight is 497 g/mol. The molecule has 3 nitrogen and oxygen atoms in total. The molecule has 0 saturated carbocycles. The van der Waals surface area contributed by atoms with Gasteiger partial charge in [-0.25, -0.2) is 4.99 Å². The van der Waals surface area contributed by atoms with Crippen LogP contribution in [0.1, 0.15) is 60.0 Å². The molecule has 0 saturated heterocycles. The predicted molar refractivity (Wildman–Crippen MR) is 145 cm³/mol. The fourth-order valence-corrected chi connectivity index (χ4v) is 6.22. The van der Waals surface area contributed by atoms with Gasteiger partial charge in [0.2, 0.25) is 0 Å². The summed E-state index contributed by atoms with van der Waals surface area (Å²) in [5, 5.41) is 0.689. The van der Waals surface area contributed by atoms with Gasteiger partial charge in [-0.15, -0.1) is 0 Å². The maximum Gasteiger partial charge on any atom is 0.271 e. The quantitative estimate of drug-likeness (QED) is 0.337. The van der Waals surface area contributed by atoms with E-state index in [0.29, 0.717) is 15.5 Å². The van der Waals surface area contributed by atoms with Gasteiger partial charge < -0.3 is 0 Å². The van der Waals surface area contributed by atoms with E-state index in [1.54, 1.807) is 0 Å². The topological polar surface area (TPSA) is 34.4 Å². The van der Waals surface area contributed by atoms with Crippen LogP contribution in [0, 0.1) is 0 Å². The Labute approximate surface area is 213 Å². The number of allylic oxidation sites excluding steroid dienone is 1. The highest BCUT2D eigenvalue weighted by Crippen LogP contribution is 2.41. The molecule has 0 spiro atoms. The van der Waals surface area contributed by atoms with Crippen LogP contribution in [0.5, 0.6) is 0 Å². The number of hydrogen-bond acceptors (Lipinski definition) is 3. The van der Waals surface area contributed by atoms with Gasteiger partial charge in [-0.05, 0) is 64.8 Å². The first-order chi connectivity index (χ1) is 17.0. The fraction of sp³-hybridized carbons (Fsp3) is 0.200.